The first kappa shape index (κ1) is 17.9. The van der Waals surface area contributed by atoms with Crippen molar-refractivity contribution < 1.29 is 4.79 Å². The van der Waals surface area contributed by atoms with Crippen LogP contribution in [0.2, 0.25) is 0 Å². The molecule has 7 heteroatoms. The van der Waals surface area contributed by atoms with Crippen molar-refractivity contribution in [3.8, 4) is 0 Å². The highest BCUT2D eigenvalue weighted by atomic mass is 35.5. The average molecular weight is 340 g/mol. The molecule has 23 heavy (non-hydrogen) atoms. The zero-order valence-electron chi connectivity index (χ0n) is 13.6. The Balaban J connectivity index is 0.00000192. The normalized spacial score (nSPS) is 25.5. The molecule has 0 spiro atoms. The Bertz CT molecular complexity index is 498. The fourth-order valence-corrected chi connectivity index (χ4v) is 3.40. The molecule has 3 rings (SSSR count). The van der Waals surface area contributed by atoms with Crippen molar-refractivity contribution >= 4 is 24.1 Å². The van der Waals surface area contributed by atoms with Gasteiger partial charge in [0, 0.05) is 25.3 Å². The van der Waals surface area contributed by atoms with Crippen molar-refractivity contribution in [3.05, 3.63) is 18.3 Å². The number of carbonyl (C=O) groups is 1. The Hall–Kier alpha value is -1.40. The van der Waals surface area contributed by atoms with Gasteiger partial charge >= 0.3 is 0 Å². The predicted octanol–water partition coefficient (Wildman–Crippen LogP) is 1.83. The van der Waals surface area contributed by atoms with Gasteiger partial charge < -0.3 is 15.5 Å². The maximum atomic E-state index is 12.8. The second kappa shape index (κ2) is 7.93. The number of hydrogen-bond donors (Lipinski definition) is 2. The first-order chi connectivity index (χ1) is 10.7. The highest BCUT2D eigenvalue weighted by Gasteiger charge is 2.38. The number of nitrogens with zero attached hydrogens (tertiary/aromatic N) is 3. The molecule has 0 radical (unpaired) electrons. The van der Waals surface area contributed by atoms with Crippen molar-refractivity contribution in [2.24, 2.45) is 0 Å². The van der Waals surface area contributed by atoms with Crippen molar-refractivity contribution in [2.75, 3.05) is 25.0 Å². The zero-order valence-corrected chi connectivity index (χ0v) is 14.4. The number of likely N-dealkylation sites (tertiary alicyclic amines) is 1. The largest absolute Gasteiger partial charge is 0.366 e. The van der Waals surface area contributed by atoms with E-state index in [9.17, 15) is 4.79 Å². The van der Waals surface area contributed by atoms with Crippen LogP contribution in [0.3, 0.4) is 0 Å². The van der Waals surface area contributed by atoms with Crippen LogP contribution in [0.5, 0.6) is 0 Å². The van der Waals surface area contributed by atoms with Gasteiger partial charge in [-0.3, -0.25) is 4.79 Å². The fraction of sp³-hybridized carbons (Fsp3) is 0.688. The average Bonchev–Trinajstić information content (AvgIpc) is 2.56. The van der Waals surface area contributed by atoms with Crippen molar-refractivity contribution in [1.29, 1.82) is 0 Å². The molecule has 3 heterocycles. The number of hydrogen-bond acceptors (Lipinski definition) is 5. The zero-order chi connectivity index (χ0) is 15.4. The third kappa shape index (κ3) is 4.32. The van der Waals surface area contributed by atoms with Crippen LogP contribution in [0.25, 0.3) is 0 Å². The molecule has 1 aromatic heterocycles. The van der Waals surface area contributed by atoms with Crippen LogP contribution in [0, 0.1) is 0 Å². The summed E-state index contributed by atoms with van der Waals surface area (Å²) in [5.74, 6) is 1.08. The van der Waals surface area contributed by atoms with Crippen molar-refractivity contribution in [2.45, 2.75) is 50.6 Å². The number of anilines is 1. The van der Waals surface area contributed by atoms with Crippen LogP contribution in [-0.2, 0) is 4.79 Å². The second-order valence-electron chi connectivity index (χ2n) is 6.54. The van der Waals surface area contributed by atoms with E-state index in [-0.39, 0.29) is 23.9 Å². The lowest BCUT2D eigenvalue weighted by molar-refractivity contribution is -0.139. The summed E-state index contributed by atoms with van der Waals surface area (Å²) in [6.07, 6.45) is 6.84. The summed E-state index contributed by atoms with van der Waals surface area (Å²) < 4.78 is 0. The molecule has 0 aliphatic carbocycles. The molecule has 2 saturated heterocycles. The van der Waals surface area contributed by atoms with Crippen LogP contribution in [0.4, 0.5) is 5.82 Å². The van der Waals surface area contributed by atoms with Crippen LogP contribution in [0.1, 0.15) is 39.0 Å². The molecule has 0 saturated carbocycles. The minimum absolute atomic E-state index is 0. The smallest absolute Gasteiger partial charge is 0.242 e. The maximum Gasteiger partial charge on any atom is 0.242 e. The summed E-state index contributed by atoms with van der Waals surface area (Å²) in [5, 5.41) is 14.8. The minimum Gasteiger partial charge on any atom is -0.366 e. The highest BCUT2D eigenvalue weighted by Crippen LogP contribution is 2.24. The molecular weight excluding hydrogens is 314 g/mol. The summed E-state index contributed by atoms with van der Waals surface area (Å²) in [6.45, 7) is 4.63. The van der Waals surface area contributed by atoms with Crippen LogP contribution in [0.15, 0.2) is 18.3 Å². The molecule has 2 aliphatic heterocycles. The van der Waals surface area contributed by atoms with Gasteiger partial charge in [-0.2, -0.15) is 5.10 Å². The number of carbonyl (C=O) groups excluding carboxylic acids is 1. The molecule has 2 fully saturated rings. The first-order valence-electron chi connectivity index (χ1n) is 8.26. The molecule has 1 unspecified atom stereocenters. The number of nitrogens with one attached hydrogen (secondary N) is 2. The van der Waals surface area contributed by atoms with Gasteiger partial charge in [-0.1, -0.05) is 0 Å². The standard InChI is InChI=1S/C16H25N5O.ClH/c1-16(8-2-3-9-17-16)15(22)21-11-6-13(7-12-21)19-14-5-4-10-18-20-14;/h4-5,10,13,17H,2-3,6-9,11-12H2,1H3,(H,19,20);1H. The summed E-state index contributed by atoms with van der Waals surface area (Å²) in [4.78, 5) is 14.8. The summed E-state index contributed by atoms with van der Waals surface area (Å²) >= 11 is 0. The van der Waals surface area contributed by atoms with E-state index in [0.29, 0.717) is 6.04 Å². The lowest BCUT2D eigenvalue weighted by Gasteiger charge is -2.40. The number of halogens is 1. The number of aromatic nitrogens is 2. The molecule has 1 aromatic rings. The van der Waals surface area contributed by atoms with E-state index in [4.69, 9.17) is 0 Å². The van der Waals surface area contributed by atoms with Crippen LogP contribution >= 0.6 is 12.4 Å². The lowest BCUT2D eigenvalue weighted by Crippen LogP contribution is -2.59. The molecular formula is C16H26ClN5O. The van der Waals surface area contributed by atoms with Crippen LogP contribution < -0.4 is 10.6 Å². The Kier molecular flexibility index (Phi) is 6.18. The van der Waals surface area contributed by atoms with Crippen molar-refractivity contribution in [3.63, 3.8) is 0 Å². The van der Waals surface area contributed by atoms with E-state index in [2.05, 4.69) is 27.8 Å². The summed E-state index contributed by atoms with van der Waals surface area (Å²) in [5.41, 5.74) is -0.358. The molecule has 1 amide bonds. The van der Waals surface area contributed by atoms with Crippen molar-refractivity contribution in [1.82, 2.24) is 20.4 Å². The van der Waals surface area contributed by atoms with E-state index in [1.807, 2.05) is 17.0 Å². The third-order valence-electron chi connectivity index (χ3n) is 4.80. The van der Waals surface area contributed by atoms with Gasteiger partial charge in [0.25, 0.3) is 0 Å². The van der Waals surface area contributed by atoms with E-state index in [0.717, 1.165) is 51.1 Å². The Morgan fingerprint density at radius 3 is 2.78 bits per heavy atom. The van der Waals surface area contributed by atoms with E-state index < -0.39 is 0 Å². The highest BCUT2D eigenvalue weighted by molar-refractivity contribution is 5.86. The number of amides is 1. The van der Waals surface area contributed by atoms with Gasteiger partial charge in [-0.25, -0.2) is 0 Å². The summed E-state index contributed by atoms with van der Waals surface area (Å²) in [7, 11) is 0. The van der Waals surface area contributed by atoms with Gasteiger partial charge in [0.15, 0.2) is 0 Å². The molecule has 6 nitrogen and oxygen atoms in total. The number of rotatable bonds is 3. The van der Waals surface area contributed by atoms with E-state index >= 15 is 0 Å². The molecule has 2 N–H and O–H groups in total. The maximum absolute atomic E-state index is 12.8. The molecule has 0 bridgehead atoms. The quantitative estimate of drug-likeness (QED) is 0.879. The fourth-order valence-electron chi connectivity index (χ4n) is 3.40. The third-order valence-corrected chi connectivity index (χ3v) is 4.80. The summed E-state index contributed by atoms with van der Waals surface area (Å²) in [6, 6.07) is 4.18. The lowest BCUT2D eigenvalue weighted by atomic mass is 9.88. The Morgan fingerprint density at radius 1 is 1.39 bits per heavy atom. The van der Waals surface area contributed by atoms with Gasteiger partial charge in [-0.05, 0) is 57.7 Å². The molecule has 2 aliphatic rings. The van der Waals surface area contributed by atoms with E-state index in [1.54, 1.807) is 6.20 Å². The minimum atomic E-state index is -0.358. The monoisotopic (exact) mass is 339 g/mol. The SMILES string of the molecule is CC1(C(=O)N2CCC(Nc3cccnn3)CC2)CCCCN1.Cl. The first-order valence-corrected chi connectivity index (χ1v) is 8.26. The van der Waals surface area contributed by atoms with Crippen LogP contribution in [-0.4, -0.2) is 52.2 Å². The molecule has 1 atom stereocenters. The Labute approximate surface area is 143 Å². The van der Waals surface area contributed by atoms with Gasteiger partial charge in [0.1, 0.15) is 5.82 Å². The number of piperidine rings is 2. The van der Waals surface area contributed by atoms with Gasteiger partial charge in [-0.15, -0.1) is 17.5 Å². The second-order valence-corrected chi connectivity index (χ2v) is 6.54. The topological polar surface area (TPSA) is 70.2 Å². The van der Waals surface area contributed by atoms with E-state index in [1.165, 1.54) is 6.42 Å². The van der Waals surface area contributed by atoms with Gasteiger partial charge in [0.2, 0.25) is 5.91 Å². The van der Waals surface area contributed by atoms with Gasteiger partial charge in [0.05, 0.1) is 5.54 Å². The molecule has 0 aromatic carbocycles. The predicted molar refractivity (Wildman–Crippen MR) is 92.8 cm³/mol. The molecule has 128 valence electrons. The Morgan fingerprint density at radius 2 is 2.17 bits per heavy atom.